The van der Waals surface area contributed by atoms with E-state index in [9.17, 15) is 0 Å². The SMILES string of the molecule is [CH2-]N1CCCC(COc2cccc(C#N)c2)C1. The van der Waals surface area contributed by atoms with E-state index in [0.717, 1.165) is 18.8 Å². The van der Waals surface area contributed by atoms with Crippen LogP contribution in [0.25, 0.3) is 0 Å². The number of hydrogen-bond acceptors (Lipinski definition) is 3. The van der Waals surface area contributed by atoms with E-state index in [0.29, 0.717) is 18.1 Å². The van der Waals surface area contributed by atoms with Gasteiger partial charge in [-0.25, -0.2) is 0 Å². The standard InChI is InChI=1S/C14H17N2O/c1-16-7-3-5-13(10-16)11-17-14-6-2-4-12(8-14)9-15/h2,4,6,8,13H,1,3,5,7,10-11H2/q-1. The number of nitriles is 1. The van der Waals surface area contributed by atoms with Gasteiger partial charge in [-0.05, 0) is 44.1 Å². The highest BCUT2D eigenvalue weighted by atomic mass is 16.5. The summed E-state index contributed by atoms with van der Waals surface area (Å²) < 4.78 is 5.73. The third-order valence-electron chi connectivity index (χ3n) is 3.05. The van der Waals surface area contributed by atoms with E-state index in [2.05, 4.69) is 18.0 Å². The van der Waals surface area contributed by atoms with Gasteiger partial charge in [-0.2, -0.15) is 5.26 Å². The van der Waals surface area contributed by atoms with Gasteiger partial charge in [-0.1, -0.05) is 6.07 Å². The molecule has 3 nitrogen and oxygen atoms in total. The topological polar surface area (TPSA) is 36.3 Å². The predicted molar refractivity (Wildman–Crippen MR) is 66.3 cm³/mol. The highest BCUT2D eigenvalue weighted by Crippen LogP contribution is 2.18. The molecule has 0 spiro atoms. The minimum Gasteiger partial charge on any atom is -0.493 e. The van der Waals surface area contributed by atoms with Crippen LogP contribution < -0.4 is 4.74 Å². The number of benzene rings is 1. The maximum absolute atomic E-state index is 8.79. The van der Waals surface area contributed by atoms with Crippen LogP contribution >= 0.6 is 0 Å². The molecule has 0 radical (unpaired) electrons. The van der Waals surface area contributed by atoms with Gasteiger partial charge < -0.3 is 9.64 Å². The first kappa shape index (κ1) is 11.9. The first-order valence-corrected chi connectivity index (χ1v) is 5.96. The van der Waals surface area contributed by atoms with Crippen molar-refractivity contribution in [3.05, 3.63) is 36.9 Å². The average molecular weight is 229 g/mol. The summed E-state index contributed by atoms with van der Waals surface area (Å²) in [7, 11) is 3.96. The smallest absolute Gasteiger partial charge is 0.120 e. The molecule has 1 aliphatic heterocycles. The minimum atomic E-state index is 0.548. The van der Waals surface area contributed by atoms with Crippen molar-refractivity contribution in [1.82, 2.24) is 4.90 Å². The molecule has 0 saturated carbocycles. The minimum absolute atomic E-state index is 0.548. The van der Waals surface area contributed by atoms with Crippen LogP contribution in [0.15, 0.2) is 24.3 Å². The van der Waals surface area contributed by atoms with E-state index in [4.69, 9.17) is 10.00 Å². The average Bonchev–Trinajstić information content (AvgIpc) is 2.37. The zero-order chi connectivity index (χ0) is 12.1. The second kappa shape index (κ2) is 5.70. The normalized spacial score (nSPS) is 20.8. The van der Waals surface area contributed by atoms with Gasteiger partial charge in [-0.15, -0.1) is 0 Å². The van der Waals surface area contributed by atoms with Crippen LogP contribution in [0.4, 0.5) is 0 Å². The molecule has 0 amide bonds. The Morgan fingerprint density at radius 3 is 3.18 bits per heavy atom. The van der Waals surface area contributed by atoms with Gasteiger partial charge in [0.1, 0.15) is 5.75 Å². The highest BCUT2D eigenvalue weighted by molar-refractivity contribution is 5.36. The second-order valence-electron chi connectivity index (χ2n) is 4.54. The lowest BCUT2D eigenvalue weighted by Gasteiger charge is -2.35. The van der Waals surface area contributed by atoms with Gasteiger partial charge in [0, 0.05) is 5.92 Å². The Hall–Kier alpha value is -1.53. The highest BCUT2D eigenvalue weighted by Gasteiger charge is 2.14. The Labute approximate surface area is 103 Å². The Kier molecular flexibility index (Phi) is 4.00. The lowest BCUT2D eigenvalue weighted by atomic mass is 10.00. The van der Waals surface area contributed by atoms with Crippen molar-refractivity contribution in [1.29, 1.82) is 5.26 Å². The summed E-state index contributed by atoms with van der Waals surface area (Å²) in [5, 5.41) is 8.79. The van der Waals surface area contributed by atoms with Crippen molar-refractivity contribution in [2.45, 2.75) is 12.8 Å². The van der Waals surface area contributed by atoms with Crippen molar-refractivity contribution < 1.29 is 4.74 Å². The number of piperidine rings is 1. The number of rotatable bonds is 3. The third-order valence-corrected chi connectivity index (χ3v) is 3.05. The Balaban J connectivity index is 1.87. The Morgan fingerprint density at radius 1 is 1.53 bits per heavy atom. The molecule has 1 unspecified atom stereocenters. The lowest BCUT2D eigenvalue weighted by Crippen LogP contribution is -2.33. The maximum atomic E-state index is 8.79. The van der Waals surface area contributed by atoms with Gasteiger partial charge in [0.2, 0.25) is 0 Å². The van der Waals surface area contributed by atoms with Crippen LogP contribution in [-0.4, -0.2) is 24.6 Å². The van der Waals surface area contributed by atoms with Crippen molar-refractivity contribution in [2.75, 3.05) is 19.7 Å². The zero-order valence-electron chi connectivity index (χ0n) is 9.93. The summed E-state index contributed by atoms with van der Waals surface area (Å²) in [6.45, 7) is 2.79. The molecule has 1 heterocycles. The molecular formula is C14H17N2O-. The van der Waals surface area contributed by atoms with Gasteiger partial charge in [0.15, 0.2) is 0 Å². The number of likely N-dealkylation sites (tertiary alicyclic amines) is 1. The number of hydrogen-bond donors (Lipinski definition) is 0. The van der Waals surface area contributed by atoms with Gasteiger partial charge in [0.05, 0.1) is 18.2 Å². The van der Waals surface area contributed by atoms with Crippen molar-refractivity contribution in [3.63, 3.8) is 0 Å². The van der Waals surface area contributed by atoms with Crippen LogP contribution in [0, 0.1) is 24.3 Å². The van der Waals surface area contributed by atoms with Crippen LogP contribution in [0.2, 0.25) is 0 Å². The molecule has 2 rings (SSSR count). The van der Waals surface area contributed by atoms with Gasteiger partial charge >= 0.3 is 0 Å². The molecule has 0 aliphatic carbocycles. The zero-order valence-corrected chi connectivity index (χ0v) is 9.93. The van der Waals surface area contributed by atoms with Crippen LogP contribution in [-0.2, 0) is 0 Å². The summed E-state index contributed by atoms with van der Waals surface area (Å²) in [5.74, 6) is 1.33. The fourth-order valence-electron chi connectivity index (χ4n) is 2.16. The molecule has 0 bridgehead atoms. The molecule has 1 fully saturated rings. The van der Waals surface area contributed by atoms with E-state index in [-0.39, 0.29) is 0 Å². The quantitative estimate of drug-likeness (QED) is 0.747. The van der Waals surface area contributed by atoms with Crippen molar-refractivity contribution in [2.24, 2.45) is 5.92 Å². The van der Waals surface area contributed by atoms with E-state index < -0.39 is 0 Å². The monoisotopic (exact) mass is 229 g/mol. The molecule has 17 heavy (non-hydrogen) atoms. The first-order valence-electron chi connectivity index (χ1n) is 5.96. The number of nitrogens with zero attached hydrogens (tertiary/aromatic N) is 2. The summed E-state index contributed by atoms with van der Waals surface area (Å²) in [6.07, 6.45) is 2.39. The molecule has 0 aromatic heterocycles. The summed E-state index contributed by atoms with van der Waals surface area (Å²) in [5.41, 5.74) is 0.643. The predicted octanol–water partition coefficient (Wildman–Crippen LogP) is 2.44. The second-order valence-corrected chi connectivity index (χ2v) is 4.54. The van der Waals surface area contributed by atoms with Crippen LogP contribution in [0.5, 0.6) is 5.75 Å². The van der Waals surface area contributed by atoms with Gasteiger partial charge in [0.25, 0.3) is 0 Å². The van der Waals surface area contributed by atoms with E-state index >= 15 is 0 Å². The largest absolute Gasteiger partial charge is 0.493 e. The molecule has 1 atom stereocenters. The molecule has 90 valence electrons. The lowest BCUT2D eigenvalue weighted by molar-refractivity contribution is 0.161. The maximum Gasteiger partial charge on any atom is 0.120 e. The summed E-state index contributed by atoms with van der Waals surface area (Å²) >= 11 is 0. The molecule has 1 aromatic carbocycles. The van der Waals surface area contributed by atoms with E-state index in [1.54, 1.807) is 12.1 Å². The molecule has 0 N–H and O–H groups in total. The molecular weight excluding hydrogens is 212 g/mol. The van der Waals surface area contributed by atoms with Gasteiger partial charge in [-0.3, -0.25) is 7.05 Å². The Bertz CT molecular complexity index is 411. The molecule has 1 saturated heterocycles. The molecule has 1 aliphatic rings. The summed E-state index contributed by atoms with van der Waals surface area (Å²) in [6, 6.07) is 9.42. The number of ether oxygens (including phenoxy) is 1. The first-order chi connectivity index (χ1) is 8.28. The van der Waals surface area contributed by atoms with E-state index in [1.165, 1.54) is 12.8 Å². The van der Waals surface area contributed by atoms with Crippen molar-refractivity contribution >= 4 is 0 Å². The fraction of sp³-hybridized carbons (Fsp3) is 0.429. The van der Waals surface area contributed by atoms with E-state index in [1.807, 2.05) is 12.1 Å². The molecule has 3 heteroatoms. The van der Waals surface area contributed by atoms with Crippen molar-refractivity contribution in [3.8, 4) is 11.8 Å². The third kappa shape index (κ3) is 3.47. The van der Waals surface area contributed by atoms with Crippen LogP contribution in [0.3, 0.4) is 0 Å². The molecule has 1 aromatic rings. The Morgan fingerprint density at radius 2 is 2.41 bits per heavy atom. The summed E-state index contributed by atoms with van der Waals surface area (Å²) in [4.78, 5) is 2.10. The van der Waals surface area contributed by atoms with Crippen LogP contribution in [0.1, 0.15) is 18.4 Å². The fourth-order valence-corrected chi connectivity index (χ4v) is 2.16.